The summed E-state index contributed by atoms with van der Waals surface area (Å²) in [5.74, 6) is 0.157. The molecule has 0 radical (unpaired) electrons. The average molecular weight is 693 g/mol. The Kier molecular flexibility index (Phi) is 7.85. The number of aliphatic hydroxyl groups is 1. The first-order valence-electron chi connectivity index (χ1n) is 13.2. The van der Waals surface area contributed by atoms with Gasteiger partial charge in [0, 0.05) is 11.0 Å². The van der Waals surface area contributed by atoms with Crippen LogP contribution in [0.25, 0.3) is 22.2 Å². The lowest BCUT2D eigenvalue weighted by Gasteiger charge is -2.24. The van der Waals surface area contributed by atoms with Crippen molar-refractivity contribution in [1.29, 1.82) is 0 Å². The van der Waals surface area contributed by atoms with E-state index >= 15 is 0 Å². The Morgan fingerprint density at radius 1 is 1.11 bits per heavy atom. The number of benzene rings is 1. The van der Waals surface area contributed by atoms with E-state index in [0.29, 0.717) is 11.2 Å². The topological polar surface area (TPSA) is 213 Å². The van der Waals surface area contributed by atoms with Gasteiger partial charge >= 0.3 is 21.1 Å². The Balaban J connectivity index is 1.16. The molecule has 2 unspecified atom stereocenters. The molecule has 3 aliphatic rings. The highest BCUT2D eigenvalue weighted by Crippen LogP contribution is 2.51. The fraction of sp³-hybridized carbons (Fsp3) is 0.500. The van der Waals surface area contributed by atoms with Crippen molar-refractivity contribution in [2.45, 2.75) is 55.6 Å². The SMILES string of the molecule is Nc1ncnc2c1ncn2[C@H]1C[C@@H]2OP(O)(=S)OC[C@H]3O[C@@H](n4nnc5c(C(F)(F)F)cccc54)[C@H](O[P+](=O)OC[C@H]2O1)[C@@H]3O. The maximum Gasteiger partial charge on any atom is 0.698 e. The summed E-state index contributed by atoms with van der Waals surface area (Å²) < 4.78 is 90.5. The maximum atomic E-state index is 13.6. The Morgan fingerprint density at radius 2 is 1.93 bits per heavy atom. The molecule has 240 valence electrons. The van der Waals surface area contributed by atoms with Gasteiger partial charge in [0.25, 0.3) is 0 Å². The first kappa shape index (κ1) is 30.8. The van der Waals surface area contributed by atoms with Gasteiger partial charge in [-0.1, -0.05) is 11.3 Å². The molecule has 3 saturated heterocycles. The van der Waals surface area contributed by atoms with Crippen molar-refractivity contribution in [3.63, 3.8) is 0 Å². The lowest BCUT2D eigenvalue weighted by Crippen LogP contribution is -2.35. The molecule has 6 heterocycles. The van der Waals surface area contributed by atoms with Gasteiger partial charge in [-0.2, -0.15) is 13.2 Å². The van der Waals surface area contributed by atoms with Crippen LogP contribution in [-0.4, -0.2) is 88.2 Å². The number of imidazole rings is 1. The summed E-state index contributed by atoms with van der Waals surface area (Å²) in [5, 5.41) is 18.5. The number of aliphatic hydroxyl groups excluding tert-OH is 1. The molecule has 4 N–H and O–H groups in total. The first-order valence-corrected chi connectivity index (χ1v) is 16.8. The van der Waals surface area contributed by atoms with E-state index in [1.54, 1.807) is 4.57 Å². The second-order valence-corrected chi connectivity index (χ2v) is 13.9. The van der Waals surface area contributed by atoms with Gasteiger partial charge in [0.15, 0.2) is 23.8 Å². The van der Waals surface area contributed by atoms with E-state index < -0.39 is 88.4 Å². The van der Waals surface area contributed by atoms with Crippen molar-refractivity contribution in [2.75, 3.05) is 18.9 Å². The van der Waals surface area contributed by atoms with Crippen molar-refractivity contribution in [3.05, 3.63) is 36.4 Å². The number of anilines is 1. The molecule has 1 aromatic carbocycles. The summed E-state index contributed by atoms with van der Waals surface area (Å²) in [6.07, 6.45) is -10.3. The third-order valence-electron chi connectivity index (χ3n) is 7.46. The normalized spacial score (nSPS) is 34.0. The van der Waals surface area contributed by atoms with Gasteiger partial charge in [0.05, 0.1) is 24.0 Å². The number of aromatic nitrogens is 7. The fourth-order valence-electron chi connectivity index (χ4n) is 5.39. The van der Waals surface area contributed by atoms with Gasteiger partial charge in [-0.05, 0) is 23.9 Å². The van der Waals surface area contributed by atoms with E-state index in [9.17, 15) is 27.7 Å². The molecule has 0 saturated carbocycles. The number of alkyl halides is 3. The third-order valence-corrected chi connectivity index (χ3v) is 9.82. The smallest absolute Gasteiger partial charge is 0.387 e. The van der Waals surface area contributed by atoms with Crippen molar-refractivity contribution >= 4 is 54.8 Å². The van der Waals surface area contributed by atoms with Crippen LogP contribution in [0.4, 0.5) is 19.0 Å². The highest BCUT2D eigenvalue weighted by Gasteiger charge is 2.53. The average Bonchev–Trinajstić information content (AvgIpc) is 3.75. The lowest BCUT2D eigenvalue weighted by atomic mass is 10.1. The molecule has 17 nitrogen and oxygen atoms in total. The zero-order valence-corrected chi connectivity index (χ0v) is 25.1. The number of hydrogen-bond acceptors (Lipinski definition) is 15. The van der Waals surface area contributed by atoms with E-state index in [1.165, 1.54) is 18.7 Å². The van der Waals surface area contributed by atoms with Crippen LogP contribution < -0.4 is 5.73 Å². The summed E-state index contributed by atoms with van der Waals surface area (Å²) in [5.41, 5.74) is 4.97. The van der Waals surface area contributed by atoms with Gasteiger partial charge in [-0.3, -0.25) is 4.57 Å². The van der Waals surface area contributed by atoms with Crippen molar-refractivity contribution in [1.82, 2.24) is 34.5 Å². The maximum absolute atomic E-state index is 13.6. The number of rotatable bonds is 2. The van der Waals surface area contributed by atoms with Gasteiger partial charge in [-0.15, -0.1) is 14.1 Å². The zero-order chi connectivity index (χ0) is 31.7. The monoisotopic (exact) mass is 693 g/mol. The Hall–Kier alpha value is -2.81. The highest BCUT2D eigenvalue weighted by molar-refractivity contribution is 8.07. The minimum atomic E-state index is -4.73. The summed E-state index contributed by atoms with van der Waals surface area (Å²) in [7, 11) is -2.99. The fourth-order valence-corrected chi connectivity index (χ4v) is 7.62. The highest BCUT2D eigenvalue weighted by atomic mass is 32.5. The molecule has 3 aliphatic heterocycles. The van der Waals surface area contributed by atoms with E-state index in [2.05, 4.69) is 25.3 Å². The predicted molar refractivity (Wildman–Crippen MR) is 146 cm³/mol. The number of nitrogens with zero attached hydrogens (tertiary/aromatic N) is 7. The molecule has 0 spiro atoms. The van der Waals surface area contributed by atoms with Crippen LogP contribution in [0, 0.1) is 0 Å². The molecule has 2 bridgehead atoms. The molecule has 9 atom stereocenters. The molecule has 4 aromatic rings. The van der Waals surface area contributed by atoms with E-state index in [-0.39, 0.29) is 17.8 Å². The van der Waals surface area contributed by atoms with Gasteiger partial charge in [0.2, 0.25) is 0 Å². The Morgan fingerprint density at radius 3 is 2.73 bits per heavy atom. The number of ether oxygens (including phenoxy) is 2. The van der Waals surface area contributed by atoms with Crippen LogP contribution in [-0.2, 0) is 50.1 Å². The minimum absolute atomic E-state index is 0.0997. The minimum Gasteiger partial charge on any atom is -0.387 e. The molecule has 7 rings (SSSR count). The second kappa shape index (κ2) is 11.5. The van der Waals surface area contributed by atoms with Gasteiger partial charge < -0.3 is 34.3 Å². The van der Waals surface area contributed by atoms with Gasteiger partial charge in [-0.25, -0.2) is 19.6 Å². The number of halogens is 3. The van der Waals surface area contributed by atoms with Crippen molar-refractivity contribution in [2.24, 2.45) is 0 Å². The van der Waals surface area contributed by atoms with Crippen LogP contribution in [0.15, 0.2) is 30.9 Å². The summed E-state index contributed by atoms with van der Waals surface area (Å²) in [4.78, 5) is 23.3. The molecule has 45 heavy (non-hydrogen) atoms. The van der Waals surface area contributed by atoms with Crippen LogP contribution in [0.2, 0.25) is 0 Å². The Labute approximate surface area is 255 Å². The second-order valence-electron chi connectivity index (χ2n) is 10.2. The standard InChI is InChI=1S/C22H21F3N8O9P2S/c23-22(24,25)9-2-1-3-10-15(9)30-31-33(10)21-18-17(34)13(40-21)6-38-44(36,45)42-11-4-14(39-12(11)5-37-43(35)41-18)32-8-29-16-19(26)27-7-28-20(16)32/h1-3,7-8,11-14,17-18,21,34H,4-6H2,(H2-,26,27,28,36,45)/p+1/t11-,12+,13+,14+,17+,18+,21+,44?/m0/s1. The first-order chi connectivity index (χ1) is 21.4. The quantitative estimate of drug-likeness (QED) is 0.257. The van der Waals surface area contributed by atoms with Crippen LogP contribution >= 0.6 is 15.0 Å². The third kappa shape index (κ3) is 5.72. The van der Waals surface area contributed by atoms with Crippen LogP contribution in [0.1, 0.15) is 24.4 Å². The molecule has 0 amide bonds. The molecular weight excluding hydrogens is 671 g/mol. The summed E-state index contributed by atoms with van der Waals surface area (Å²) in [6.45, 7) is -4.97. The number of nitrogens with two attached hydrogens (primary N) is 1. The largest absolute Gasteiger partial charge is 0.698 e. The van der Waals surface area contributed by atoms with E-state index in [0.717, 1.165) is 16.8 Å². The number of hydrogen-bond donors (Lipinski definition) is 3. The number of fused-ring (bicyclic) bond motifs is 5. The number of nitrogen functional groups attached to an aromatic ring is 1. The van der Waals surface area contributed by atoms with Crippen LogP contribution in [0.3, 0.4) is 0 Å². The molecule has 0 aliphatic carbocycles. The molecular formula is C22H22F3N8O9P2S+. The lowest BCUT2D eigenvalue weighted by molar-refractivity contribution is -0.136. The van der Waals surface area contributed by atoms with Crippen molar-refractivity contribution < 1.29 is 55.3 Å². The summed E-state index contributed by atoms with van der Waals surface area (Å²) >= 11 is 5.22. The Bertz CT molecular complexity index is 1830. The molecule has 3 aromatic heterocycles. The predicted octanol–water partition coefficient (Wildman–Crippen LogP) is 2.11. The van der Waals surface area contributed by atoms with E-state index in [4.69, 9.17) is 45.1 Å². The van der Waals surface area contributed by atoms with Gasteiger partial charge in [0.1, 0.15) is 54.6 Å². The molecule has 23 heteroatoms. The molecule has 3 fully saturated rings. The van der Waals surface area contributed by atoms with Crippen molar-refractivity contribution in [3.8, 4) is 0 Å². The summed E-state index contributed by atoms with van der Waals surface area (Å²) in [6, 6.07) is 3.31. The zero-order valence-electron chi connectivity index (χ0n) is 22.4. The van der Waals surface area contributed by atoms with Crippen LogP contribution in [0.5, 0.6) is 0 Å². The van der Waals surface area contributed by atoms with E-state index in [1.807, 2.05) is 0 Å².